The molecule has 0 bridgehead atoms. The van der Waals surface area contributed by atoms with Gasteiger partial charge in [-0.05, 0) is 24.3 Å². The van der Waals surface area contributed by atoms with Crippen molar-refractivity contribution < 1.29 is 13.6 Å². The average molecular weight is 244 g/mol. The van der Waals surface area contributed by atoms with Crippen LogP contribution in [0.15, 0.2) is 29.4 Å². The number of nitrogens with two attached hydrogens (primary N) is 2. The van der Waals surface area contributed by atoms with Crippen molar-refractivity contribution >= 4 is 21.7 Å². The monoisotopic (exact) mass is 244 g/mol. The molecule has 0 heterocycles. The summed E-state index contributed by atoms with van der Waals surface area (Å²) in [6, 6.07) is 6.04. The molecule has 0 atom stereocenters. The van der Waals surface area contributed by atoms with Crippen molar-refractivity contribution in [1.82, 2.24) is 0 Å². The van der Waals surface area contributed by atoms with Crippen molar-refractivity contribution in [3.63, 3.8) is 0 Å². The van der Waals surface area contributed by atoms with E-state index in [2.05, 4.69) is 5.16 Å². The first-order valence-corrected chi connectivity index (χ1v) is 5.71. The van der Waals surface area contributed by atoms with E-state index in [0.29, 0.717) is 11.3 Å². The van der Waals surface area contributed by atoms with Crippen LogP contribution in [0.25, 0.3) is 0 Å². The minimum absolute atomic E-state index is 0.0511. The quantitative estimate of drug-likeness (QED) is 0.285. The van der Waals surface area contributed by atoms with Crippen molar-refractivity contribution in [3.8, 4) is 0 Å². The van der Waals surface area contributed by atoms with E-state index in [4.69, 9.17) is 16.1 Å². The number of nitrogens with zero attached hydrogens (tertiary/aromatic N) is 2. The number of rotatable bonds is 3. The second-order valence-corrected chi connectivity index (χ2v) is 4.62. The summed E-state index contributed by atoms with van der Waals surface area (Å²) < 4.78 is 23.0. The van der Waals surface area contributed by atoms with Gasteiger partial charge in [-0.1, -0.05) is 5.16 Å². The second kappa shape index (κ2) is 4.37. The molecular formula is C8H12N4O3S. The fourth-order valence-electron chi connectivity index (χ4n) is 1.05. The maximum Gasteiger partial charge on any atom is 0.298 e. The molecule has 0 radical (unpaired) electrons. The maximum absolute atomic E-state index is 11.0. The Labute approximate surface area is 93.1 Å². The summed E-state index contributed by atoms with van der Waals surface area (Å²) in [5, 5.41) is 16.2. The molecule has 5 N–H and O–H groups in total. The van der Waals surface area contributed by atoms with Crippen molar-refractivity contribution in [3.05, 3.63) is 29.8 Å². The number of anilines is 1. The minimum atomic E-state index is -3.77. The normalized spacial score (nSPS) is 12.5. The molecule has 1 aromatic rings. The first-order chi connectivity index (χ1) is 7.36. The van der Waals surface area contributed by atoms with E-state index in [1.54, 1.807) is 0 Å². The lowest BCUT2D eigenvalue weighted by molar-refractivity contribution is 0.318. The summed E-state index contributed by atoms with van der Waals surface area (Å²) in [6.45, 7) is 0. The Morgan fingerprint density at radius 2 is 1.88 bits per heavy atom. The lowest BCUT2D eigenvalue weighted by Gasteiger charge is -2.15. The van der Waals surface area contributed by atoms with Crippen molar-refractivity contribution in [2.75, 3.05) is 11.4 Å². The van der Waals surface area contributed by atoms with Gasteiger partial charge in [-0.2, -0.15) is 8.42 Å². The number of hydrogen-bond acceptors (Lipinski definition) is 4. The first kappa shape index (κ1) is 12.3. The van der Waals surface area contributed by atoms with Crippen molar-refractivity contribution in [2.24, 2.45) is 16.0 Å². The summed E-state index contributed by atoms with van der Waals surface area (Å²) >= 11 is 0. The van der Waals surface area contributed by atoms with Crippen molar-refractivity contribution in [2.45, 2.75) is 0 Å². The Hall–Kier alpha value is -1.80. The fourth-order valence-corrected chi connectivity index (χ4v) is 1.46. The van der Waals surface area contributed by atoms with Crippen molar-refractivity contribution in [1.29, 1.82) is 0 Å². The molecule has 0 fully saturated rings. The molecule has 16 heavy (non-hydrogen) atoms. The molecule has 0 aliphatic carbocycles. The van der Waals surface area contributed by atoms with E-state index in [1.807, 2.05) is 0 Å². The van der Waals surface area contributed by atoms with Crippen LogP contribution in [0.3, 0.4) is 0 Å². The second-order valence-electron chi connectivity index (χ2n) is 3.04. The van der Waals surface area contributed by atoms with Crippen LogP contribution < -0.4 is 15.2 Å². The van der Waals surface area contributed by atoms with Crippen LogP contribution >= 0.6 is 0 Å². The lowest BCUT2D eigenvalue weighted by atomic mass is 10.2. The van der Waals surface area contributed by atoms with Crippen LogP contribution in [0.5, 0.6) is 0 Å². The molecule has 7 nitrogen and oxygen atoms in total. The van der Waals surface area contributed by atoms with E-state index in [-0.39, 0.29) is 5.84 Å². The highest BCUT2D eigenvalue weighted by Gasteiger charge is 2.12. The summed E-state index contributed by atoms with van der Waals surface area (Å²) in [5.41, 5.74) is 6.22. The fraction of sp³-hybridized carbons (Fsp3) is 0.125. The Balaban J connectivity index is 3.05. The van der Waals surface area contributed by atoms with Gasteiger partial charge in [-0.3, -0.25) is 4.31 Å². The summed E-state index contributed by atoms with van der Waals surface area (Å²) in [7, 11) is -2.44. The molecule has 0 spiro atoms. The topological polar surface area (TPSA) is 122 Å². The van der Waals surface area contributed by atoms with Crippen LogP contribution in [-0.4, -0.2) is 26.5 Å². The number of oxime groups is 1. The third kappa shape index (κ3) is 2.61. The Morgan fingerprint density at radius 1 is 1.38 bits per heavy atom. The van der Waals surface area contributed by atoms with Crippen LogP contribution in [0.2, 0.25) is 0 Å². The number of hydrogen-bond donors (Lipinski definition) is 3. The van der Waals surface area contributed by atoms with Gasteiger partial charge in [-0.15, -0.1) is 0 Å². The maximum atomic E-state index is 11.0. The van der Waals surface area contributed by atoms with E-state index >= 15 is 0 Å². The predicted octanol–water partition coefficient (Wildman–Crippen LogP) is -0.579. The Morgan fingerprint density at radius 3 is 2.25 bits per heavy atom. The van der Waals surface area contributed by atoms with Gasteiger partial charge in [0.25, 0.3) is 10.2 Å². The molecule has 0 amide bonds. The van der Waals surface area contributed by atoms with Gasteiger partial charge in [0.05, 0.1) is 5.69 Å². The van der Waals surface area contributed by atoms with Gasteiger partial charge in [0.2, 0.25) is 0 Å². The zero-order chi connectivity index (χ0) is 12.3. The van der Waals surface area contributed by atoms with Gasteiger partial charge < -0.3 is 10.9 Å². The van der Waals surface area contributed by atoms with Crippen LogP contribution in [0.4, 0.5) is 5.69 Å². The standard InChI is InChI=1S/C8H12N4O3S/c1-12(16(10,14)15)7-4-2-6(3-5-7)8(9)11-13/h2-5,13H,1H3,(H2,9,11)(H2,10,14,15). The summed E-state index contributed by atoms with van der Waals surface area (Å²) in [4.78, 5) is 0. The zero-order valence-electron chi connectivity index (χ0n) is 8.53. The zero-order valence-corrected chi connectivity index (χ0v) is 9.35. The van der Waals surface area contributed by atoms with E-state index < -0.39 is 10.2 Å². The van der Waals surface area contributed by atoms with Crippen LogP contribution in [0.1, 0.15) is 5.56 Å². The molecule has 1 rings (SSSR count). The predicted molar refractivity (Wildman–Crippen MR) is 60.5 cm³/mol. The van der Waals surface area contributed by atoms with E-state index in [9.17, 15) is 8.42 Å². The molecule has 8 heteroatoms. The van der Waals surface area contributed by atoms with Crippen LogP contribution in [-0.2, 0) is 10.2 Å². The molecule has 0 unspecified atom stereocenters. The van der Waals surface area contributed by atoms with E-state index in [1.165, 1.54) is 31.3 Å². The third-order valence-corrected chi connectivity index (χ3v) is 2.99. The molecule has 88 valence electrons. The SMILES string of the molecule is CN(c1ccc(/C(N)=N/O)cc1)S(N)(=O)=O. The highest BCUT2D eigenvalue weighted by molar-refractivity contribution is 7.90. The van der Waals surface area contributed by atoms with Gasteiger partial charge in [0.15, 0.2) is 5.84 Å². The molecule has 0 aliphatic rings. The molecule has 0 aliphatic heterocycles. The Bertz CT molecular complexity index is 495. The number of amidine groups is 1. The summed E-state index contributed by atoms with van der Waals surface area (Å²) in [6.07, 6.45) is 0. The molecule has 1 aromatic carbocycles. The lowest BCUT2D eigenvalue weighted by Crippen LogP contribution is -2.33. The van der Waals surface area contributed by atoms with Gasteiger partial charge in [0, 0.05) is 12.6 Å². The minimum Gasteiger partial charge on any atom is -0.409 e. The molecule has 0 aromatic heterocycles. The molecule has 0 saturated heterocycles. The Kier molecular flexibility index (Phi) is 3.35. The molecule has 0 saturated carbocycles. The highest BCUT2D eigenvalue weighted by atomic mass is 32.2. The summed E-state index contributed by atoms with van der Waals surface area (Å²) in [5.74, 6) is -0.0511. The third-order valence-electron chi connectivity index (χ3n) is 2.02. The first-order valence-electron chi connectivity index (χ1n) is 4.21. The average Bonchev–Trinajstić information content (AvgIpc) is 2.26. The smallest absolute Gasteiger partial charge is 0.298 e. The highest BCUT2D eigenvalue weighted by Crippen LogP contribution is 2.15. The number of benzene rings is 1. The molecular weight excluding hydrogens is 232 g/mol. The van der Waals surface area contributed by atoms with Gasteiger partial charge >= 0.3 is 0 Å². The largest absolute Gasteiger partial charge is 0.409 e. The van der Waals surface area contributed by atoms with Gasteiger partial charge in [0.1, 0.15) is 0 Å². The van der Waals surface area contributed by atoms with Crippen LogP contribution in [0, 0.1) is 0 Å². The van der Waals surface area contributed by atoms with E-state index in [0.717, 1.165) is 4.31 Å². The van der Waals surface area contributed by atoms with Gasteiger partial charge in [-0.25, -0.2) is 5.14 Å².